The molecule has 0 aliphatic carbocycles. The third-order valence-electron chi connectivity index (χ3n) is 3.73. The average Bonchev–Trinajstić information content (AvgIpc) is 2.65. The van der Waals surface area contributed by atoms with Crippen molar-refractivity contribution in [1.82, 2.24) is 9.71 Å². The number of ketones is 1. The van der Waals surface area contributed by atoms with Crippen molar-refractivity contribution in [3.8, 4) is 16.9 Å². The minimum Gasteiger partial charge on any atom is -0.497 e. The van der Waals surface area contributed by atoms with Crippen molar-refractivity contribution >= 4 is 5.78 Å². The second-order valence-electron chi connectivity index (χ2n) is 5.27. The molecular formula is C18H14N2O5. The van der Waals surface area contributed by atoms with Gasteiger partial charge in [-0.2, -0.15) is 0 Å². The van der Waals surface area contributed by atoms with Gasteiger partial charge in [0.2, 0.25) is 5.78 Å². The van der Waals surface area contributed by atoms with Crippen LogP contribution in [0.2, 0.25) is 0 Å². The van der Waals surface area contributed by atoms with Gasteiger partial charge in [-0.3, -0.25) is 9.59 Å². The summed E-state index contributed by atoms with van der Waals surface area (Å²) < 4.78 is 5.02. The maximum atomic E-state index is 12.4. The number of benzene rings is 2. The molecule has 1 aromatic heterocycles. The largest absolute Gasteiger partial charge is 0.497 e. The number of nitrogens with zero attached hydrogens (tertiary/aromatic N) is 1. The molecule has 0 fully saturated rings. The van der Waals surface area contributed by atoms with Crippen LogP contribution >= 0.6 is 0 Å². The molecule has 0 atom stereocenters. The zero-order valence-corrected chi connectivity index (χ0v) is 13.2. The molecule has 1 heterocycles. The van der Waals surface area contributed by atoms with Crippen molar-refractivity contribution in [1.29, 1.82) is 0 Å². The third kappa shape index (κ3) is 3.20. The predicted octanol–water partition coefficient (Wildman–Crippen LogP) is 1.68. The molecule has 0 aliphatic rings. The van der Waals surface area contributed by atoms with E-state index in [0.29, 0.717) is 5.56 Å². The Kier molecular flexibility index (Phi) is 4.21. The van der Waals surface area contributed by atoms with Gasteiger partial charge in [-0.15, -0.1) is 0 Å². The van der Waals surface area contributed by atoms with Crippen LogP contribution in [0.25, 0.3) is 11.1 Å². The SMILES string of the molecule is COc1ccc(-c2ccc(C(=O)c3cc(=O)n(O)c(=O)[nH]3)cc2)cc1. The lowest BCUT2D eigenvalue weighted by atomic mass is 10.0. The zero-order valence-electron chi connectivity index (χ0n) is 13.2. The minimum absolute atomic E-state index is 0.0937. The molecule has 0 unspecified atom stereocenters. The molecule has 0 saturated heterocycles. The summed E-state index contributed by atoms with van der Waals surface area (Å²) in [6, 6.07) is 15.1. The fourth-order valence-corrected chi connectivity index (χ4v) is 2.36. The number of H-pyrrole nitrogens is 1. The highest BCUT2D eigenvalue weighted by Gasteiger charge is 2.13. The van der Waals surface area contributed by atoms with Crippen molar-refractivity contribution in [3.63, 3.8) is 0 Å². The molecule has 0 amide bonds. The number of hydrogen-bond acceptors (Lipinski definition) is 5. The van der Waals surface area contributed by atoms with Crippen molar-refractivity contribution in [3.05, 3.63) is 86.7 Å². The Bertz CT molecular complexity index is 1000. The van der Waals surface area contributed by atoms with Crippen LogP contribution in [0.1, 0.15) is 16.1 Å². The van der Waals surface area contributed by atoms with E-state index in [1.54, 1.807) is 31.4 Å². The van der Waals surface area contributed by atoms with Crippen molar-refractivity contribution < 1.29 is 14.7 Å². The first-order valence-electron chi connectivity index (χ1n) is 7.34. The van der Waals surface area contributed by atoms with Crippen LogP contribution in [0.15, 0.2) is 64.2 Å². The highest BCUT2D eigenvalue weighted by atomic mass is 16.5. The summed E-state index contributed by atoms with van der Waals surface area (Å²) in [5, 5.41) is 9.12. The molecule has 2 N–H and O–H groups in total. The lowest BCUT2D eigenvalue weighted by molar-refractivity contribution is 0.103. The molecule has 3 rings (SSSR count). The number of nitrogens with one attached hydrogen (secondary N) is 1. The Hall–Kier alpha value is -3.61. The van der Waals surface area contributed by atoms with Crippen LogP contribution in [0.5, 0.6) is 5.75 Å². The summed E-state index contributed by atoms with van der Waals surface area (Å²) in [7, 11) is 1.59. The third-order valence-corrected chi connectivity index (χ3v) is 3.73. The number of ether oxygens (including phenoxy) is 1. The van der Waals surface area contributed by atoms with Gasteiger partial charge in [-0.1, -0.05) is 41.1 Å². The fourth-order valence-electron chi connectivity index (χ4n) is 2.36. The van der Waals surface area contributed by atoms with E-state index in [2.05, 4.69) is 4.98 Å². The molecular weight excluding hydrogens is 324 g/mol. The van der Waals surface area contributed by atoms with E-state index in [4.69, 9.17) is 9.94 Å². The van der Waals surface area contributed by atoms with Gasteiger partial charge in [0.05, 0.1) is 12.8 Å². The molecule has 0 aliphatic heterocycles. The van der Waals surface area contributed by atoms with Crippen molar-refractivity contribution in [2.75, 3.05) is 7.11 Å². The molecule has 2 aromatic carbocycles. The smallest absolute Gasteiger partial charge is 0.362 e. The van der Waals surface area contributed by atoms with Gasteiger partial charge in [0, 0.05) is 11.6 Å². The van der Waals surface area contributed by atoms with Gasteiger partial charge in [0.1, 0.15) is 5.75 Å². The zero-order chi connectivity index (χ0) is 18.0. The maximum absolute atomic E-state index is 12.4. The molecule has 3 aromatic rings. The molecule has 7 heteroatoms. The molecule has 0 saturated carbocycles. The monoisotopic (exact) mass is 338 g/mol. The molecule has 0 bridgehead atoms. The van der Waals surface area contributed by atoms with Crippen LogP contribution < -0.4 is 16.0 Å². The summed E-state index contributed by atoms with van der Waals surface area (Å²) in [5.41, 5.74) is -0.0530. The number of methoxy groups -OCH3 is 1. The van der Waals surface area contributed by atoms with Crippen LogP contribution in [0, 0.1) is 0 Å². The Morgan fingerprint density at radius 2 is 1.56 bits per heavy atom. The number of aromatic nitrogens is 2. The van der Waals surface area contributed by atoms with Gasteiger partial charge in [-0.25, -0.2) is 4.79 Å². The van der Waals surface area contributed by atoms with Crippen LogP contribution in [-0.4, -0.2) is 27.8 Å². The van der Waals surface area contributed by atoms with E-state index >= 15 is 0 Å². The normalized spacial score (nSPS) is 10.4. The lowest BCUT2D eigenvalue weighted by Crippen LogP contribution is -2.34. The topological polar surface area (TPSA) is 101 Å². The Morgan fingerprint density at radius 3 is 2.08 bits per heavy atom. The van der Waals surface area contributed by atoms with Crippen LogP contribution in [-0.2, 0) is 0 Å². The lowest BCUT2D eigenvalue weighted by Gasteiger charge is -2.06. The Labute approximate surface area is 141 Å². The van der Waals surface area contributed by atoms with E-state index in [0.717, 1.165) is 22.9 Å². The van der Waals surface area contributed by atoms with E-state index in [1.165, 1.54) is 0 Å². The minimum atomic E-state index is -1.06. The van der Waals surface area contributed by atoms with Crippen molar-refractivity contribution in [2.24, 2.45) is 0 Å². The first kappa shape index (κ1) is 16.3. The Morgan fingerprint density at radius 1 is 1.00 bits per heavy atom. The quantitative estimate of drug-likeness (QED) is 0.557. The number of carbonyl (C=O) groups is 1. The number of carbonyl (C=O) groups excluding carboxylic acids is 1. The first-order chi connectivity index (χ1) is 12.0. The van der Waals surface area contributed by atoms with Gasteiger partial charge in [0.15, 0.2) is 0 Å². The predicted molar refractivity (Wildman–Crippen MR) is 90.4 cm³/mol. The van der Waals surface area contributed by atoms with Gasteiger partial charge >= 0.3 is 5.69 Å². The van der Waals surface area contributed by atoms with Crippen LogP contribution in [0.4, 0.5) is 0 Å². The van der Waals surface area contributed by atoms with E-state index < -0.39 is 17.0 Å². The molecule has 25 heavy (non-hydrogen) atoms. The van der Waals surface area contributed by atoms with Gasteiger partial charge < -0.3 is 14.9 Å². The summed E-state index contributed by atoms with van der Waals surface area (Å²) in [4.78, 5) is 37.3. The van der Waals surface area contributed by atoms with Crippen molar-refractivity contribution in [2.45, 2.75) is 0 Å². The standard InChI is InChI=1S/C18H14N2O5/c1-25-14-8-6-12(7-9-14)11-2-4-13(5-3-11)17(22)15-10-16(21)20(24)18(23)19-15/h2-10,24H,1H3,(H,19,23). The molecule has 126 valence electrons. The van der Waals surface area contributed by atoms with Gasteiger partial charge in [-0.05, 0) is 23.3 Å². The second kappa shape index (κ2) is 6.48. The number of hydrogen-bond donors (Lipinski definition) is 2. The second-order valence-corrected chi connectivity index (χ2v) is 5.27. The average molecular weight is 338 g/mol. The summed E-state index contributed by atoms with van der Waals surface area (Å²) in [6.45, 7) is 0. The number of aromatic amines is 1. The molecule has 7 nitrogen and oxygen atoms in total. The van der Waals surface area contributed by atoms with E-state index in [-0.39, 0.29) is 10.4 Å². The number of rotatable bonds is 4. The summed E-state index contributed by atoms with van der Waals surface area (Å²) in [5.74, 6) is 0.231. The van der Waals surface area contributed by atoms with Crippen LogP contribution in [0.3, 0.4) is 0 Å². The van der Waals surface area contributed by atoms with Gasteiger partial charge in [0.25, 0.3) is 5.56 Å². The first-order valence-corrected chi connectivity index (χ1v) is 7.34. The van der Waals surface area contributed by atoms with E-state index in [1.807, 2.05) is 24.3 Å². The highest BCUT2D eigenvalue weighted by molar-refractivity contribution is 6.07. The maximum Gasteiger partial charge on any atom is 0.362 e. The fraction of sp³-hybridized carbons (Fsp3) is 0.0556. The summed E-state index contributed by atoms with van der Waals surface area (Å²) >= 11 is 0. The highest BCUT2D eigenvalue weighted by Crippen LogP contribution is 2.23. The molecule has 0 spiro atoms. The summed E-state index contributed by atoms with van der Waals surface area (Å²) in [6.07, 6.45) is 0. The van der Waals surface area contributed by atoms with E-state index in [9.17, 15) is 14.4 Å². The Balaban J connectivity index is 1.90. The molecule has 0 radical (unpaired) electrons.